The lowest BCUT2D eigenvalue weighted by Crippen LogP contribution is -2.48. The van der Waals surface area contributed by atoms with Crippen molar-refractivity contribution in [1.82, 2.24) is 19.5 Å². The van der Waals surface area contributed by atoms with Crippen LogP contribution in [0.3, 0.4) is 0 Å². The number of nitrogens with zero attached hydrogens (tertiary/aromatic N) is 4. The lowest BCUT2D eigenvalue weighted by atomic mass is 9.64. The summed E-state index contributed by atoms with van der Waals surface area (Å²) in [5.74, 6) is 1.55. The summed E-state index contributed by atoms with van der Waals surface area (Å²) in [7, 11) is 66.4. The number of aromatic nitrogens is 4. The maximum absolute atomic E-state index is 7.06. The minimum Gasteiger partial charge on any atom is -0.456 e. The van der Waals surface area contributed by atoms with E-state index in [9.17, 15) is 0 Å². The topological polar surface area (TPSA) is 69.9 Å². The van der Waals surface area contributed by atoms with Crippen molar-refractivity contribution in [3.8, 4) is 51.0 Å². The molecule has 16 heteroatoms. The van der Waals surface area contributed by atoms with Crippen molar-refractivity contribution < 1.29 is 8.83 Å². The second kappa shape index (κ2) is 15.2. The van der Waals surface area contributed by atoms with Gasteiger partial charge in [-0.1, -0.05) is 124 Å². The van der Waals surface area contributed by atoms with Crippen LogP contribution >= 0.6 is 0 Å². The third-order valence-corrected chi connectivity index (χ3v) is 12.8. The first-order valence-corrected chi connectivity index (χ1v) is 21.1. The summed E-state index contributed by atoms with van der Waals surface area (Å²) < 4.78 is 14.9. The van der Waals surface area contributed by atoms with E-state index in [1.165, 1.54) is 0 Å². The highest BCUT2D eigenvalue weighted by molar-refractivity contribution is 6.71. The summed E-state index contributed by atoms with van der Waals surface area (Å²) in [6, 6.07) is 39.8. The van der Waals surface area contributed by atoms with Gasteiger partial charge in [-0.25, -0.2) is 15.0 Å². The minimum absolute atomic E-state index is 0.0720. The Kier molecular flexibility index (Phi) is 9.35. The fourth-order valence-electron chi connectivity index (χ4n) is 9.33. The second-order valence-corrected chi connectivity index (χ2v) is 16.5. The molecule has 12 rings (SSSR count). The number of rotatable bonds is 5. The first-order chi connectivity index (χ1) is 32.4. The second-order valence-electron chi connectivity index (χ2n) is 16.5. The molecule has 0 aliphatic rings. The van der Waals surface area contributed by atoms with Gasteiger partial charge in [0.05, 0.1) is 5.52 Å². The third-order valence-electron chi connectivity index (χ3n) is 12.8. The van der Waals surface area contributed by atoms with Crippen molar-refractivity contribution in [1.29, 1.82) is 0 Å². The van der Waals surface area contributed by atoms with Crippen LogP contribution < -0.4 is 54.6 Å². The minimum atomic E-state index is 0.0720. The molecule has 67 heavy (non-hydrogen) atoms. The quantitative estimate of drug-likeness (QED) is 0.246. The summed E-state index contributed by atoms with van der Waals surface area (Å²) in [4.78, 5) is 14.9. The van der Waals surface area contributed by atoms with Gasteiger partial charge in [-0.2, -0.15) is 0 Å². The van der Waals surface area contributed by atoms with Crippen LogP contribution in [0.5, 0.6) is 0 Å². The van der Waals surface area contributed by atoms with Crippen molar-refractivity contribution in [2.45, 2.75) is 0 Å². The lowest BCUT2D eigenvalue weighted by Gasteiger charge is -2.17. The molecule has 0 bridgehead atoms. The molecule has 0 aliphatic carbocycles. The molecule has 0 aliphatic heterocycles. The Morgan fingerprint density at radius 1 is 0.328 bits per heavy atom. The molecule has 0 amide bonds. The van der Waals surface area contributed by atoms with E-state index in [0.717, 1.165) is 38.6 Å². The SMILES string of the molecule is [B]c1c([B])c([B])c2c(oc3c2c([B])c([B])c2c3c3c([B])c([B])c([B])c([B])c3n2-c2ccc3oc4cc(-c5nc(-c6ccccc6)nc(-c6ccc(-c7ccccc7)cc6)n5)ccc4c3c2)c1[B]. The molecule has 0 fully saturated rings. The summed E-state index contributed by atoms with van der Waals surface area (Å²) in [5, 5.41) is 3.20. The molecule has 4 heterocycles. The predicted octanol–water partition coefficient (Wildman–Crippen LogP) is 1.37. The van der Waals surface area contributed by atoms with E-state index in [-0.39, 0.29) is 65.8 Å². The highest BCUT2D eigenvalue weighted by atomic mass is 16.3. The summed E-state index contributed by atoms with van der Waals surface area (Å²) in [5.41, 5.74) is 8.97. The van der Waals surface area contributed by atoms with Gasteiger partial charge in [0.15, 0.2) is 17.5 Å². The van der Waals surface area contributed by atoms with Gasteiger partial charge in [-0.15, -0.1) is 21.9 Å². The molecular weight excluding hydrogens is 809 g/mol. The number of hydrogen-bond acceptors (Lipinski definition) is 5. The molecule has 0 N–H and O–H groups in total. The van der Waals surface area contributed by atoms with Crippen LogP contribution in [0.25, 0.3) is 117 Å². The van der Waals surface area contributed by atoms with Gasteiger partial charge < -0.3 is 13.4 Å². The van der Waals surface area contributed by atoms with E-state index in [1.807, 2.05) is 102 Å². The molecule has 4 aromatic heterocycles. The lowest BCUT2D eigenvalue weighted by molar-refractivity contribution is 0.669. The van der Waals surface area contributed by atoms with Gasteiger partial charge in [-0.3, -0.25) is 0 Å². The van der Waals surface area contributed by atoms with Crippen molar-refractivity contribution >= 4 is 199 Å². The number of benzene rings is 8. The molecule has 20 radical (unpaired) electrons. The van der Waals surface area contributed by atoms with Crippen LogP contribution in [-0.4, -0.2) is 98.0 Å². The predicted molar refractivity (Wildman–Crippen MR) is 284 cm³/mol. The Labute approximate surface area is 397 Å². The summed E-state index contributed by atoms with van der Waals surface area (Å²) >= 11 is 0. The van der Waals surface area contributed by atoms with Crippen molar-refractivity contribution in [3.05, 3.63) is 121 Å². The molecule has 0 saturated carbocycles. The maximum Gasteiger partial charge on any atom is 0.164 e. The van der Waals surface area contributed by atoms with E-state index >= 15 is 0 Å². The van der Waals surface area contributed by atoms with E-state index in [0.29, 0.717) is 66.9 Å². The fourth-order valence-corrected chi connectivity index (χ4v) is 9.33. The normalized spacial score (nSPS) is 11.9. The highest BCUT2D eigenvalue weighted by Gasteiger charge is 2.27. The first-order valence-electron chi connectivity index (χ1n) is 21.1. The van der Waals surface area contributed by atoms with Crippen LogP contribution in [0.4, 0.5) is 0 Å². The molecule has 6 nitrogen and oxygen atoms in total. The largest absolute Gasteiger partial charge is 0.456 e. The highest BCUT2D eigenvalue weighted by Crippen LogP contribution is 2.39. The van der Waals surface area contributed by atoms with Crippen LogP contribution in [0.15, 0.2) is 130 Å². The van der Waals surface area contributed by atoms with Crippen LogP contribution in [0.1, 0.15) is 0 Å². The third kappa shape index (κ3) is 6.07. The van der Waals surface area contributed by atoms with E-state index < -0.39 is 0 Å². The van der Waals surface area contributed by atoms with Gasteiger partial charge in [0.25, 0.3) is 0 Å². The Balaban J connectivity index is 1.05. The Bertz CT molecular complexity index is 4100. The van der Waals surface area contributed by atoms with Gasteiger partial charge >= 0.3 is 0 Å². The number of fused-ring (bicyclic) bond motifs is 10. The zero-order valence-electron chi connectivity index (χ0n) is 35.4. The van der Waals surface area contributed by atoms with Crippen molar-refractivity contribution in [2.75, 3.05) is 0 Å². The standard InChI is InChI=1S/C51H20B10N4O2/c52-35-31-34-46(42(59)37(54)32-33-36(53)39(56)41(58)44(61)48(33)67-47(32)34)65(45(31)43(60)40(57)38(35)55)26-16-18-29-28(20-26)27-17-15-25(19-30(27)66-29)51-63-49(23-9-5-2-6-10-23)62-50(64-51)24-13-11-22(12-14-24)21-7-3-1-4-8-21/h1-20H. The molecule has 0 spiro atoms. The number of hydrogen-bond donors (Lipinski definition) is 0. The van der Waals surface area contributed by atoms with Gasteiger partial charge in [0, 0.05) is 60.2 Å². The van der Waals surface area contributed by atoms with Gasteiger partial charge in [0.2, 0.25) is 0 Å². The first kappa shape index (κ1) is 41.3. The molecule has 8 aromatic carbocycles. The Morgan fingerprint density at radius 3 is 1.48 bits per heavy atom. The smallest absolute Gasteiger partial charge is 0.164 e. The van der Waals surface area contributed by atoms with E-state index in [4.69, 9.17) is 102 Å². The van der Waals surface area contributed by atoms with Gasteiger partial charge in [0.1, 0.15) is 101 Å². The molecule has 12 aromatic rings. The van der Waals surface area contributed by atoms with Crippen LogP contribution in [-0.2, 0) is 0 Å². The molecule has 286 valence electrons. The summed E-state index contributed by atoms with van der Waals surface area (Å²) in [6.45, 7) is 0. The zero-order valence-corrected chi connectivity index (χ0v) is 35.4. The Hall–Kier alpha value is -7.18. The average molecular weight is 829 g/mol. The van der Waals surface area contributed by atoms with Crippen molar-refractivity contribution in [3.63, 3.8) is 0 Å². The zero-order chi connectivity index (χ0) is 46.2. The fraction of sp³-hybridized carbons (Fsp3) is 0. The monoisotopic (exact) mass is 830 g/mol. The van der Waals surface area contributed by atoms with E-state index in [1.54, 1.807) is 0 Å². The molecular formula is C51H20B10N4O2. The summed E-state index contributed by atoms with van der Waals surface area (Å²) in [6.07, 6.45) is 0. The number of furan rings is 2. The van der Waals surface area contributed by atoms with Crippen LogP contribution in [0.2, 0.25) is 0 Å². The Morgan fingerprint density at radius 2 is 0.806 bits per heavy atom. The average Bonchev–Trinajstić information content (AvgIpc) is 4.06. The van der Waals surface area contributed by atoms with Gasteiger partial charge in [-0.05, 0) is 41.5 Å². The maximum atomic E-state index is 7.06. The van der Waals surface area contributed by atoms with Crippen molar-refractivity contribution in [2.24, 2.45) is 0 Å². The van der Waals surface area contributed by atoms with E-state index in [2.05, 4.69) is 24.3 Å². The van der Waals surface area contributed by atoms with Crippen LogP contribution in [0, 0.1) is 0 Å². The molecule has 0 unspecified atom stereocenters. The molecule has 0 saturated heterocycles. The molecule has 0 atom stereocenters.